The lowest BCUT2D eigenvalue weighted by molar-refractivity contribution is -0.137. The smallest absolute Gasteiger partial charge is 0.412 e. The molecule has 0 fully saturated rings. The van der Waals surface area contributed by atoms with E-state index in [1.54, 1.807) is 6.92 Å². The molecule has 4 rings (SSSR count). The van der Waals surface area contributed by atoms with Crippen molar-refractivity contribution in [3.63, 3.8) is 0 Å². The maximum absolute atomic E-state index is 12.4. The van der Waals surface area contributed by atoms with Crippen LogP contribution in [0.5, 0.6) is 0 Å². The topological polar surface area (TPSA) is 144 Å². The van der Waals surface area contributed by atoms with E-state index in [4.69, 9.17) is 9.84 Å². The summed E-state index contributed by atoms with van der Waals surface area (Å²) in [6.07, 6.45) is -0.666. The Balaban J connectivity index is 1.40. The minimum atomic E-state index is -1.04. The van der Waals surface area contributed by atoms with Gasteiger partial charge in [0.2, 0.25) is 11.5 Å². The van der Waals surface area contributed by atoms with Crippen molar-refractivity contribution in [1.82, 2.24) is 15.6 Å². The van der Waals surface area contributed by atoms with E-state index < -0.39 is 24.0 Å². The maximum Gasteiger partial charge on any atom is 0.412 e. The van der Waals surface area contributed by atoms with Gasteiger partial charge in [-0.2, -0.15) is 0 Å². The number of hydrogen-bond donors (Lipinski definition) is 3. The first kappa shape index (κ1) is 22.0. The SMILES string of the molecule is CC[C@@H](CC(=O)O)NC(=O)c1nonc1NC(=O)OCC1c2ccccc2-c2ccccc21. The fraction of sp³-hybridized carbons (Fsp3) is 0.261. The lowest BCUT2D eigenvalue weighted by Crippen LogP contribution is -2.36. The second-order valence-electron chi connectivity index (χ2n) is 7.59. The van der Waals surface area contributed by atoms with Crippen molar-refractivity contribution in [1.29, 1.82) is 0 Å². The molecule has 3 aromatic rings. The summed E-state index contributed by atoms with van der Waals surface area (Å²) in [5.74, 6) is -2.09. The highest BCUT2D eigenvalue weighted by Gasteiger charge is 2.29. The van der Waals surface area contributed by atoms with E-state index >= 15 is 0 Å². The first-order valence-corrected chi connectivity index (χ1v) is 10.4. The molecule has 0 saturated carbocycles. The second kappa shape index (κ2) is 9.51. The molecule has 1 atom stereocenters. The molecule has 0 spiro atoms. The van der Waals surface area contributed by atoms with E-state index in [1.165, 1.54) is 0 Å². The number of hydrogen-bond acceptors (Lipinski definition) is 7. The van der Waals surface area contributed by atoms with Crippen LogP contribution in [-0.4, -0.2) is 46.0 Å². The van der Waals surface area contributed by atoms with E-state index in [9.17, 15) is 14.4 Å². The van der Waals surface area contributed by atoms with Crippen LogP contribution >= 0.6 is 0 Å². The van der Waals surface area contributed by atoms with Crippen molar-refractivity contribution in [2.24, 2.45) is 0 Å². The molecule has 33 heavy (non-hydrogen) atoms. The third-order valence-electron chi connectivity index (χ3n) is 5.52. The zero-order valence-corrected chi connectivity index (χ0v) is 17.8. The average molecular weight is 450 g/mol. The number of carbonyl (C=O) groups excluding carboxylic acids is 2. The van der Waals surface area contributed by atoms with Crippen LogP contribution < -0.4 is 10.6 Å². The van der Waals surface area contributed by atoms with Crippen LogP contribution in [0, 0.1) is 0 Å². The van der Waals surface area contributed by atoms with Crippen molar-refractivity contribution in [2.75, 3.05) is 11.9 Å². The number of benzene rings is 2. The quantitative estimate of drug-likeness (QED) is 0.474. The van der Waals surface area contributed by atoms with Crippen LogP contribution in [0.1, 0.15) is 47.3 Å². The van der Waals surface area contributed by atoms with E-state index in [1.807, 2.05) is 48.5 Å². The molecule has 170 valence electrons. The molecule has 0 saturated heterocycles. The monoisotopic (exact) mass is 450 g/mol. The summed E-state index contributed by atoms with van der Waals surface area (Å²) in [6.45, 7) is 1.83. The lowest BCUT2D eigenvalue weighted by Gasteiger charge is -2.15. The second-order valence-corrected chi connectivity index (χ2v) is 7.59. The number of aliphatic carboxylic acids is 1. The molecular formula is C23H22N4O6. The minimum Gasteiger partial charge on any atom is -0.481 e. The molecule has 2 aromatic carbocycles. The van der Waals surface area contributed by atoms with Gasteiger partial charge in [-0.3, -0.25) is 14.9 Å². The summed E-state index contributed by atoms with van der Waals surface area (Å²) in [5, 5.41) is 20.9. The molecule has 0 unspecified atom stereocenters. The molecule has 0 bridgehead atoms. The highest BCUT2D eigenvalue weighted by molar-refractivity contribution is 5.99. The molecule has 1 heterocycles. The van der Waals surface area contributed by atoms with E-state index in [0.29, 0.717) is 6.42 Å². The van der Waals surface area contributed by atoms with Crippen molar-refractivity contribution in [3.05, 3.63) is 65.4 Å². The number of nitrogens with one attached hydrogen (secondary N) is 2. The summed E-state index contributed by atoms with van der Waals surface area (Å²) in [7, 11) is 0. The fourth-order valence-electron chi connectivity index (χ4n) is 3.91. The molecule has 1 aliphatic rings. The zero-order chi connectivity index (χ0) is 23.4. The van der Waals surface area contributed by atoms with E-state index in [-0.39, 0.29) is 30.5 Å². The van der Waals surface area contributed by atoms with E-state index in [2.05, 4.69) is 25.6 Å². The first-order chi connectivity index (χ1) is 16.0. The number of amides is 2. The molecule has 1 aliphatic carbocycles. The Kier molecular flexibility index (Phi) is 6.34. The van der Waals surface area contributed by atoms with Crippen LogP contribution in [-0.2, 0) is 9.53 Å². The van der Waals surface area contributed by atoms with Gasteiger partial charge in [0.25, 0.3) is 5.91 Å². The summed E-state index contributed by atoms with van der Waals surface area (Å²) in [5.41, 5.74) is 4.08. The number of anilines is 1. The van der Waals surface area contributed by atoms with Gasteiger partial charge in [-0.25, -0.2) is 9.42 Å². The van der Waals surface area contributed by atoms with Crippen molar-refractivity contribution >= 4 is 23.8 Å². The fourth-order valence-corrected chi connectivity index (χ4v) is 3.91. The third-order valence-corrected chi connectivity index (χ3v) is 5.52. The minimum absolute atomic E-state index is 0.0865. The number of aromatic nitrogens is 2. The lowest BCUT2D eigenvalue weighted by atomic mass is 9.98. The Morgan fingerprint density at radius 3 is 2.30 bits per heavy atom. The standard InChI is InChI=1S/C23H22N4O6/c1-2-13(11-19(28)29)24-22(30)20-21(27-33-26-20)25-23(31)32-12-18-16-9-5-3-7-14(16)15-8-4-6-10-17(15)18/h3-10,13,18H,2,11-12H2,1H3,(H,24,30)(H,28,29)(H,25,27,31)/t13-/m0/s1. The van der Waals surface area contributed by atoms with Gasteiger partial charge in [0.15, 0.2) is 0 Å². The number of nitrogens with zero attached hydrogens (tertiary/aromatic N) is 2. The number of ether oxygens (including phenoxy) is 1. The Labute approximate surface area is 188 Å². The Bertz CT molecular complexity index is 1150. The summed E-state index contributed by atoms with van der Waals surface area (Å²) < 4.78 is 10.0. The number of rotatable bonds is 8. The molecule has 1 aromatic heterocycles. The highest BCUT2D eigenvalue weighted by Crippen LogP contribution is 2.44. The van der Waals surface area contributed by atoms with Crippen molar-refractivity contribution in [3.8, 4) is 11.1 Å². The molecule has 2 amide bonds. The summed E-state index contributed by atoms with van der Waals surface area (Å²) in [6, 6.07) is 15.3. The van der Waals surface area contributed by atoms with Crippen LogP contribution in [0.3, 0.4) is 0 Å². The Morgan fingerprint density at radius 1 is 1.06 bits per heavy atom. The molecule has 3 N–H and O–H groups in total. The van der Waals surface area contributed by atoms with Crippen molar-refractivity contribution in [2.45, 2.75) is 31.7 Å². The van der Waals surface area contributed by atoms with Crippen molar-refractivity contribution < 1.29 is 28.9 Å². The normalized spacial score (nSPS) is 13.0. The highest BCUT2D eigenvalue weighted by atomic mass is 16.6. The van der Waals surface area contributed by atoms with Crippen LogP contribution in [0.4, 0.5) is 10.6 Å². The van der Waals surface area contributed by atoms with Gasteiger partial charge in [0.1, 0.15) is 6.61 Å². The van der Waals surface area contributed by atoms with E-state index in [0.717, 1.165) is 22.3 Å². The zero-order valence-electron chi connectivity index (χ0n) is 17.8. The summed E-state index contributed by atoms with van der Waals surface area (Å²) in [4.78, 5) is 35.8. The van der Waals surface area contributed by atoms with Gasteiger partial charge in [0, 0.05) is 12.0 Å². The number of fused-ring (bicyclic) bond motifs is 3. The average Bonchev–Trinajstić information content (AvgIpc) is 3.39. The maximum atomic E-state index is 12.4. The third kappa shape index (κ3) is 4.69. The molecule has 0 radical (unpaired) electrons. The van der Waals surface area contributed by atoms with Gasteiger partial charge >= 0.3 is 12.1 Å². The summed E-state index contributed by atoms with van der Waals surface area (Å²) >= 11 is 0. The van der Waals surface area contributed by atoms with Crippen LogP contribution in [0.25, 0.3) is 11.1 Å². The first-order valence-electron chi connectivity index (χ1n) is 10.4. The molecule has 10 heteroatoms. The molecule has 10 nitrogen and oxygen atoms in total. The Morgan fingerprint density at radius 2 is 1.70 bits per heavy atom. The number of carboxylic acid groups (broad SMARTS) is 1. The largest absolute Gasteiger partial charge is 0.481 e. The number of carbonyl (C=O) groups is 3. The predicted octanol–water partition coefficient (Wildman–Crippen LogP) is 3.41. The predicted molar refractivity (Wildman–Crippen MR) is 117 cm³/mol. The van der Waals surface area contributed by atoms with Crippen LogP contribution in [0.15, 0.2) is 53.2 Å². The van der Waals surface area contributed by atoms with Gasteiger partial charge in [-0.15, -0.1) is 0 Å². The molecule has 0 aliphatic heterocycles. The van der Waals surface area contributed by atoms with Gasteiger partial charge < -0.3 is 15.2 Å². The molecular weight excluding hydrogens is 428 g/mol. The van der Waals surface area contributed by atoms with Gasteiger partial charge in [-0.05, 0) is 39.0 Å². The van der Waals surface area contributed by atoms with Gasteiger partial charge in [-0.1, -0.05) is 55.5 Å². The number of carboxylic acids is 1. The Hall–Kier alpha value is -4.21. The van der Waals surface area contributed by atoms with Crippen LogP contribution in [0.2, 0.25) is 0 Å². The van der Waals surface area contributed by atoms with Gasteiger partial charge in [0.05, 0.1) is 6.42 Å².